The number of halogens is 1. The number of allylic oxidation sites excluding steroid dienone is 2. The van der Waals surface area contributed by atoms with Crippen LogP contribution in [0.3, 0.4) is 0 Å². The molecule has 0 fully saturated rings. The number of carbonyl (C=O) groups excluding carboxylic acids is 1. The van der Waals surface area contributed by atoms with Crippen molar-refractivity contribution in [2.24, 2.45) is 5.92 Å². The topological polar surface area (TPSA) is 47.6 Å². The van der Waals surface area contributed by atoms with Gasteiger partial charge in [-0.05, 0) is 19.3 Å². The second kappa shape index (κ2) is 6.39. The molecule has 1 unspecified atom stereocenters. The lowest BCUT2D eigenvalue weighted by Crippen LogP contribution is -2.23. The summed E-state index contributed by atoms with van der Waals surface area (Å²) in [6, 6.07) is 3.46. The van der Waals surface area contributed by atoms with E-state index in [1.54, 1.807) is 12.1 Å². The van der Waals surface area contributed by atoms with E-state index in [1.807, 2.05) is 0 Å². The normalized spacial score (nSPS) is 20.7. The molecule has 1 heterocycles. The molecule has 1 aliphatic carbocycles. The van der Waals surface area contributed by atoms with Crippen molar-refractivity contribution in [3.8, 4) is 11.5 Å². The maximum atomic E-state index is 12.3. The van der Waals surface area contributed by atoms with Crippen molar-refractivity contribution in [3.63, 3.8) is 0 Å². The largest absolute Gasteiger partial charge is 0.490 e. The van der Waals surface area contributed by atoms with Crippen LogP contribution in [0, 0.1) is 5.92 Å². The fraction of sp³-hybridized carbons (Fsp3) is 0.438. The van der Waals surface area contributed by atoms with Crippen LogP contribution >= 0.6 is 11.6 Å². The Morgan fingerprint density at radius 3 is 2.67 bits per heavy atom. The third-order valence-electron chi connectivity index (χ3n) is 3.73. The van der Waals surface area contributed by atoms with Crippen molar-refractivity contribution < 1.29 is 14.3 Å². The van der Waals surface area contributed by atoms with Gasteiger partial charge < -0.3 is 14.8 Å². The summed E-state index contributed by atoms with van der Waals surface area (Å²) in [5, 5.41) is 3.38. The molecule has 0 radical (unpaired) electrons. The highest BCUT2D eigenvalue weighted by molar-refractivity contribution is 6.34. The summed E-state index contributed by atoms with van der Waals surface area (Å²) < 4.78 is 11.2. The van der Waals surface area contributed by atoms with Crippen molar-refractivity contribution in [1.29, 1.82) is 0 Å². The summed E-state index contributed by atoms with van der Waals surface area (Å²) in [7, 11) is 0. The van der Waals surface area contributed by atoms with Gasteiger partial charge in [-0.15, -0.1) is 0 Å². The molecule has 1 N–H and O–H groups in total. The lowest BCUT2D eigenvalue weighted by Gasteiger charge is -2.18. The van der Waals surface area contributed by atoms with Crippen LogP contribution < -0.4 is 14.8 Å². The SMILES string of the molecule is O=C(Nc1cc2c(cc1Cl)OCCCO2)C1CC=CCC1. The minimum absolute atomic E-state index is 0.00994. The van der Waals surface area contributed by atoms with Crippen LogP contribution in [0.4, 0.5) is 5.69 Å². The number of fused-ring (bicyclic) bond motifs is 1. The van der Waals surface area contributed by atoms with Crippen LogP contribution in [0.15, 0.2) is 24.3 Å². The van der Waals surface area contributed by atoms with Gasteiger partial charge in [-0.1, -0.05) is 23.8 Å². The Bertz CT molecular complexity index is 571. The van der Waals surface area contributed by atoms with Gasteiger partial charge in [-0.2, -0.15) is 0 Å². The molecule has 21 heavy (non-hydrogen) atoms. The maximum absolute atomic E-state index is 12.3. The number of ether oxygens (including phenoxy) is 2. The maximum Gasteiger partial charge on any atom is 0.227 e. The molecule has 0 spiro atoms. The fourth-order valence-corrected chi connectivity index (χ4v) is 2.75. The Morgan fingerprint density at radius 2 is 1.95 bits per heavy atom. The Labute approximate surface area is 129 Å². The summed E-state index contributed by atoms with van der Waals surface area (Å²) in [6.45, 7) is 1.22. The second-order valence-corrected chi connectivity index (χ2v) is 5.71. The third-order valence-corrected chi connectivity index (χ3v) is 4.05. The van der Waals surface area contributed by atoms with E-state index < -0.39 is 0 Å². The highest BCUT2D eigenvalue weighted by atomic mass is 35.5. The van der Waals surface area contributed by atoms with Gasteiger partial charge in [0.15, 0.2) is 11.5 Å². The molecule has 5 heteroatoms. The fourth-order valence-electron chi connectivity index (χ4n) is 2.55. The molecule has 3 rings (SSSR count). The minimum Gasteiger partial charge on any atom is -0.490 e. The second-order valence-electron chi connectivity index (χ2n) is 5.30. The van der Waals surface area contributed by atoms with Gasteiger partial charge in [0, 0.05) is 24.5 Å². The lowest BCUT2D eigenvalue weighted by atomic mass is 9.93. The smallest absolute Gasteiger partial charge is 0.227 e. The Kier molecular flexibility index (Phi) is 4.34. The first kappa shape index (κ1) is 14.3. The molecule has 1 aromatic rings. The Balaban J connectivity index is 1.77. The molecule has 0 aromatic heterocycles. The first-order chi connectivity index (χ1) is 10.2. The number of anilines is 1. The first-order valence-electron chi connectivity index (χ1n) is 7.29. The molecular weight excluding hydrogens is 290 g/mol. The van der Waals surface area contributed by atoms with Crippen LogP contribution in [0.1, 0.15) is 25.7 Å². The molecule has 2 aliphatic rings. The van der Waals surface area contributed by atoms with Crippen LogP contribution in [-0.4, -0.2) is 19.1 Å². The van der Waals surface area contributed by atoms with Gasteiger partial charge in [0.2, 0.25) is 5.91 Å². The van der Waals surface area contributed by atoms with E-state index in [9.17, 15) is 4.79 Å². The summed E-state index contributed by atoms with van der Waals surface area (Å²) in [6.07, 6.45) is 7.63. The van der Waals surface area contributed by atoms with Crippen LogP contribution in [-0.2, 0) is 4.79 Å². The van der Waals surface area contributed by atoms with Crippen molar-refractivity contribution in [2.45, 2.75) is 25.7 Å². The lowest BCUT2D eigenvalue weighted by molar-refractivity contribution is -0.120. The van der Waals surface area contributed by atoms with Crippen molar-refractivity contribution >= 4 is 23.2 Å². The van der Waals surface area contributed by atoms with E-state index in [4.69, 9.17) is 21.1 Å². The highest BCUT2D eigenvalue weighted by Gasteiger charge is 2.21. The van der Waals surface area contributed by atoms with Gasteiger partial charge in [0.05, 0.1) is 23.9 Å². The molecule has 1 aromatic carbocycles. The summed E-state index contributed by atoms with van der Waals surface area (Å²) in [5.41, 5.74) is 0.584. The molecule has 1 aliphatic heterocycles. The first-order valence-corrected chi connectivity index (χ1v) is 7.67. The van der Waals surface area contributed by atoms with E-state index in [0.717, 1.165) is 25.7 Å². The number of hydrogen-bond acceptors (Lipinski definition) is 3. The van der Waals surface area contributed by atoms with Crippen molar-refractivity contribution in [3.05, 3.63) is 29.3 Å². The van der Waals surface area contributed by atoms with Crippen molar-refractivity contribution in [2.75, 3.05) is 18.5 Å². The minimum atomic E-state index is 0.00994. The number of nitrogens with one attached hydrogen (secondary N) is 1. The number of hydrogen-bond donors (Lipinski definition) is 1. The Morgan fingerprint density at radius 1 is 1.19 bits per heavy atom. The summed E-state index contributed by atoms with van der Waals surface area (Å²) in [4.78, 5) is 12.3. The van der Waals surface area contributed by atoms with Crippen LogP contribution in [0.25, 0.3) is 0 Å². The monoisotopic (exact) mass is 307 g/mol. The molecule has 1 atom stereocenters. The molecular formula is C16H18ClNO3. The molecule has 0 bridgehead atoms. The number of benzene rings is 1. The molecule has 4 nitrogen and oxygen atoms in total. The van der Waals surface area contributed by atoms with Crippen LogP contribution in [0.5, 0.6) is 11.5 Å². The molecule has 1 amide bonds. The average Bonchev–Trinajstić information content (AvgIpc) is 2.73. The van der Waals surface area contributed by atoms with Gasteiger partial charge in [0.1, 0.15) is 0 Å². The standard InChI is InChI=1S/C16H18ClNO3/c17-12-9-14-15(21-8-4-7-20-14)10-13(12)18-16(19)11-5-2-1-3-6-11/h1-2,9-11H,3-8H2,(H,18,19). The van der Waals surface area contributed by atoms with Crippen LogP contribution in [0.2, 0.25) is 5.02 Å². The van der Waals surface area contributed by atoms with E-state index in [2.05, 4.69) is 17.5 Å². The zero-order valence-corrected chi connectivity index (χ0v) is 12.5. The average molecular weight is 308 g/mol. The zero-order valence-electron chi connectivity index (χ0n) is 11.7. The van der Waals surface area contributed by atoms with Gasteiger partial charge in [0.25, 0.3) is 0 Å². The van der Waals surface area contributed by atoms with E-state index in [0.29, 0.717) is 35.4 Å². The predicted molar refractivity (Wildman–Crippen MR) is 82.2 cm³/mol. The van der Waals surface area contributed by atoms with E-state index in [1.165, 1.54) is 0 Å². The molecule has 0 saturated carbocycles. The van der Waals surface area contributed by atoms with E-state index >= 15 is 0 Å². The van der Waals surface area contributed by atoms with Gasteiger partial charge in [-0.25, -0.2) is 0 Å². The molecule has 112 valence electrons. The quantitative estimate of drug-likeness (QED) is 0.846. The number of rotatable bonds is 2. The van der Waals surface area contributed by atoms with E-state index in [-0.39, 0.29) is 11.8 Å². The number of carbonyl (C=O) groups is 1. The number of amides is 1. The Hall–Kier alpha value is -1.68. The van der Waals surface area contributed by atoms with Crippen molar-refractivity contribution in [1.82, 2.24) is 0 Å². The highest BCUT2D eigenvalue weighted by Crippen LogP contribution is 2.38. The zero-order chi connectivity index (χ0) is 14.7. The third kappa shape index (κ3) is 3.32. The molecule has 0 saturated heterocycles. The van der Waals surface area contributed by atoms with Gasteiger partial charge >= 0.3 is 0 Å². The van der Waals surface area contributed by atoms with Gasteiger partial charge in [-0.3, -0.25) is 4.79 Å². The summed E-state index contributed by atoms with van der Waals surface area (Å²) >= 11 is 6.23. The predicted octanol–water partition coefficient (Wildman–Crippen LogP) is 3.80. The summed E-state index contributed by atoms with van der Waals surface area (Å²) in [5.74, 6) is 1.30.